The molecule has 0 unspecified atom stereocenters. The van der Waals surface area contributed by atoms with Crippen LogP contribution in [0.3, 0.4) is 0 Å². The van der Waals surface area contributed by atoms with Crippen molar-refractivity contribution in [1.82, 2.24) is 9.88 Å². The lowest BCUT2D eigenvalue weighted by atomic mass is 10.1. The van der Waals surface area contributed by atoms with Crippen molar-refractivity contribution in [3.63, 3.8) is 0 Å². The van der Waals surface area contributed by atoms with Crippen LogP contribution in [0, 0.1) is 13.8 Å². The van der Waals surface area contributed by atoms with Gasteiger partial charge >= 0.3 is 0 Å². The highest BCUT2D eigenvalue weighted by Gasteiger charge is 2.36. The van der Waals surface area contributed by atoms with Crippen molar-refractivity contribution in [3.05, 3.63) is 58.9 Å². The summed E-state index contributed by atoms with van der Waals surface area (Å²) in [5, 5.41) is 3.13. The van der Waals surface area contributed by atoms with E-state index in [2.05, 4.69) is 10.3 Å². The molecule has 1 aliphatic heterocycles. The van der Waals surface area contributed by atoms with Gasteiger partial charge in [-0.15, -0.1) is 0 Å². The molecular formula is C16H15N3O2. The standard InChI is InChI=1S/C16H15N3O2/c1-10-5-6-13(11(2)8-10)18-9-19-15(20)12-4-3-7-17-14(12)16(19)21/h3-8,18H,9H2,1-2H3. The third-order valence-electron chi connectivity index (χ3n) is 3.54. The lowest BCUT2D eigenvalue weighted by molar-refractivity contribution is 0.0664. The first-order chi connectivity index (χ1) is 10.1. The summed E-state index contributed by atoms with van der Waals surface area (Å²) < 4.78 is 0. The average Bonchev–Trinajstić information content (AvgIpc) is 2.71. The average molecular weight is 281 g/mol. The molecular weight excluding hydrogens is 266 g/mol. The van der Waals surface area contributed by atoms with E-state index in [0.29, 0.717) is 5.56 Å². The van der Waals surface area contributed by atoms with E-state index in [4.69, 9.17) is 0 Å². The van der Waals surface area contributed by atoms with Crippen LogP contribution < -0.4 is 5.32 Å². The molecule has 1 aromatic carbocycles. The number of amides is 2. The predicted octanol–water partition coefficient (Wildman–Crippen LogP) is 2.36. The van der Waals surface area contributed by atoms with Crippen LogP contribution in [0.25, 0.3) is 0 Å². The van der Waals surface area contributed by atoms with E-state index in [1.807, 2.05) is 32.0 Å². The normalized spacial score (nSPS) is 13.5. The number of benzene rings is 1. The van der Waals surface area contributed by atoms with E-state index >= 15 is 0 Å². The number of hydrogen-bond donors (Lipinski definition) is 1. The second kappa shape index (κ2) is 5.01. The van der Waals surface area contributed by atoms with Gasteiger partial charge in [-0.2, -0.15) is 0 Å². The summed E-state index contributed by atoms with van der Waals surface area (Å²) in [7, 11) is 0. The van der Waals surface area contributed by atoms with Gasteiger partial charge in [-0.3, -0.25) is 19.5 Å². The van der Waals surface area contributed by atoms with Gasteiger partial charge in [0.1, 0.15) is 5.69 Å². The molecule has 2 heterocycles. The molecule has 5 heteroatoms. The van der Waals surface area contributed by atoms with E-state index in [9.17, 15) is 9.59 Å². The number of pyridine rings is 1. The Balaban J connectivity index is 1.78. The molecule has 0 saturated heterocycles. The van der Waals surface area contributed by atoms with Crippen LogP contribution >= 0.6 is 0 Å². The summed E-state index contributed by atoms with van der Waals surface area (Å²) in [6.45, 7) is 4.14. The summed E-state index contributed by atoms with van der Waals surface area (Å²) in [5.41, 5.74) is 3.74. The third-order valence-corrected chi connectivity index (χ3v) is 3.54. The summed E-state index contributed by atoms with van der Waals surface area (Å²) in [6.07, 6.45) is 1.52. The number of imide groups is 1. The van der Waals surface area contributed by atoms with Gasteiger partial charge in [-0.25, -0.2) is 0 Å². The lowest BCUT2D eigenvalue weighted by Gasteiger charge is -2.16. The number of hydrogen-bond acceptors (Lipinski definition) is 4. The molecule has 1 aliphatic rings. The smallest absolute Gasteiger partial charge is 0.281 e. The summed E-state index contributed by atoms with van der Waals surface area (Å²) in [6, 6.07) is 9.26. The topological polar surface area (TPSA) is 62.3 Å². The largest absolute Gasteiger partial charge is 0.367 e. The van der Waals surface area contributed by atoms with E-state index in [1.165, 1.54) is 16.7 Å². The van der Waals surface area contributed by atoms with Crippen molar-refractivity contribution < 1.29 is 9.59 Å². The number of nitrogens with zero attached hydrogens (tertiary/aromatic N) is 2. The fourth-order valence-corrected chi connectivity index (χ4v) is 2.43. The van der Waals surface area contributed by atoms with Crippen molar-refractivity contribution in [1.29, 1.82) is 0 Å². The maximum absolute atomic E-state index is 12.2. The van der Waals surface area contributed by atoms with E-state index < -0.39 is 0 Å². The highest BCUT2D eigenvalue weighted by atomic mass is 16.2. The zero-order valence-corrected chi connectivity index (χ0v) is 11.9. The second-order valence-corrected chi connectivity index (χ2v) is 5.09. The maximum atomic E-state index is 12.2. The van der Waals surface area contributed by atoms with E-state index in [1.54, 1.807) is 12.1 Å². The van der Waals surface area contributed by atoms with Gasteiger partial charge in [0.2, 0.25) is 0 Å². The van der Waals surface area contributed by atoms with Crippen LogP contribution in [-0.4, -0.2) is 28.4 Å². The molecule has 0 radical (unpaired) electrons. The Labute approximate surface area is 122 Å². The number of nitrogens with one attached hydrogen (secondary N) is 1. The van der Waals surface area contributed by atoms with Crippen LogP contribution in [0.2, 0.25) is 0 Å². The first-order valence-corrected chi connectivity index (χ1v) is 6.70. The fourth-order valence-electron chi connectivity index (χ4n) is 2.43. The quantitative estimate of drug-likeness (QED) is 0.877. The number of carbonyl (C=O) groups is 2. The van der Waals surface area contributed by atoms with Crippen molar-refractivity contribution in [2.45, 2.75) is 13.8 Å². The van der Waals surface area contributed by atoms with Crippen LogP contribution in [0.1, 0.15) is 32.0 Å². The van der Waals surface area contributed by atoms with E-state index in [-0.39, 0.29) is 24.2 Å². The highest BCUT2D eigenvalue weighted by Crippen LogP contribution is 2.21. The Kier molecular flexibility index (Phi) is 3.17. The Morgan fingerprint density at radius 3 is 2.67 bits per heavy atom. The molecule has 0 atom stereocenters. The Bertz CT molecular complexity index is 705. The van der Waals surface area contributed by atoms with Crippen LogP contribution in [-0.2, 0) is 0 Å². The van der Waals surface area contributed by atoms with E-state index in [0.717, 1.165) is 11.3 Å². The summed E-state index contributed by atoms with van der Waals surface area (Å²) in [5.74, 6) is -0.659. The van der Waals surface area contributed by atoms with Gasteiger partial charge in [0, 0.05) is 11.9 Å². The van der Waals surface area contributed by atoms with Gasteiger partial charge in [0.25, 0.3) is 11.8 Å². The molecule has 106 valence electrons. The fraction of sp³-hybridized carbons (Fsp3) is 0.188. The summed E-state index contributed by atoms with van der Waals surface area (Å²) in [4.78, 5) is 29.5. The van der Waals surface area contributed by atoms with Gasteiger partial charge < -0.3 is 5.32 Å². The lowest BCUT2D eigenvalue weighted by Crippen LogP contribution is -2.34. The van der Waals surface area contributed by atoms with Crippen molar-refractivity contribution in [2.24, 2.45) is 0 Å². The molecule has 0 aliphatic carbocycles. The number of carbonyl (C=O) groups excluding carboxylic acids is 2. The highest BCUT2D eigenvalue weighted by molar-refractivity contribution is 6.20. The van der Waals surface area contributed by atoms with Gasteiger partial charge in [0.05, 0.1) is 12.2 Å². The molecule has 2 amide bonds. The predicted molar refractivity (Wildman–Crippen MR) is 79.1 cm³/mol. The molecule has 0 spiro atoms. The maximum Gasteiger partial charge on any atom is 0.281 e. The summed E-state index contributed by atoms with van der Waals surface area (Å²) >= 11 is 0. The molecule has 1 aromatic heterocycles. The first kappa shape index (κ1) is 13.3. The van der Waals surface area contributed by atoms with Gasteiger partial charge in [-0.1, -0.05) is 17.7 Å². The Morgan fingerprint density at radius 2 is 1.95 bits per heavy atom. The SMILES string of the molecule is Cc1ccc(NCN2C(=O)c3cccnc3C2=O)c(C)c1. The zero-order valence-electron chi connectivity index (χ0n) is 11.9. The zero-order chi connectivity index (χ0) is 15.0. The van der Waals surface area contributed by atoms with Crippen molar-refractivity contribution >= 4 is 17.5 Å². The number of aromatic nitrogens is 1. The number of rotatable bonds is 3. The van der Waals surface area contributed by atoms with Crippen LogP contribution in [0.4, 0.5) is 5.69 Å². The molecule has 3 rings (SSSR count). The minimum Gasteiger partial charge on any atom is -0.367 e. The second-order valence-electron chi connectivity index (χ2n) is 5.09. The number of fused-ring (bicyclic) bond motifs is 1. The first-order valence-electron chi connectivity index (χ1n) is 6.70. The molecule has 21 heavy (non-hydrogen) atoms. The minimum atomic E-state index is -0.354. The molecule has 0 bridgehead atoms. The monoisotopic (exact) mass is 281 g/mol. The van der Waals surface area contributed by atoms with Crippen molar-refractivity contribution in [2.75, 3.05) is 12.0 Å². The van der Waals surface area contributed by atoms with Crippen LogP contribution in [0.5, 0.6) is 0 Å². The molecule has 1 N–H and O–H groups in total. The third kappa shape index (κ3) is 2.27. The molecule has 0 fully saturated rings. The van der Waals surface area contributed by atoms with Crippen molar-refractivity contribution in [3.8, 4) is 0 Å². The van der Waals surface area contributed by atoms with Gasteiger partial charge in [-0.05, 0) is 37.6 Å². The Morgan fingerprint density at radius 1 is 1.14 bits per heavy atom. The minimum absolute atomic E-state index is 0.137. The van der Waals surface area contributed by atoms with Crippen LogP contribution in [0.15, 0.2) is 36.5 Å². The molecule has 5 nitrogen and oxygen atoms in total. The number of anilines is 1. The van der Waals surface area contributed by atoms with Gasteiger partial charge in [0.15, 0.2) is 0 Å². The molecule has 2 aromatic rings. The molecule has 0 saturated carbocycles. The Hall–Kier alpha value is -2.69. The number of aryl methyl sites for hydroxylation is 2.